The van der Waals surface area contributed by atoms with Crippen molar-refractivity contribution in [3.05, 3.63) is 94.0 Å². The van der Waals surface area contributed by atoms with Crippen LogP contribution in [0.5, 0.6) is 11.5 Å². The average Bonchev–Trinajstić information content (AvgIpc) is 3.13. The SMILES string of the molecule is CCCOc1ccc(C2/C(=C(\O)c3cc(C)cc(Cl)c3OC)C(=O)C(=O)N2c2ccccc2)cc1. The summed E-state index contributed by atoms with van der Waals surface area (Å²) in [5.41, 5.74) is 2.16. The first-order chi connectivity index (χ1) is 16.9. The van der Waals surface area contributed by atoms with Gasteiger partial charge in [-0.25, -0.2) is 0 Å². The molecule has 0 bridgehead atoms. The quantitative estimate of drug-likeness (QED) is 0.246. The van der Waals surface area contributed by atoms with E-state index in [1.54, 1.807) is 60.7 Å². The van der Waals surface area contributed by atoms with Crippen LogP contribution in [0.3, 0.4) is 0 Å². The Bertz CT molecular complexity index is 1280. The molecular formula is C28H26ClNO5. The van der Waals surface area contributed by atoms with Crippen LogP contribution < -0.4 is 14.4 Å². The van der Waals surface area contributed by atoms with Gasteiger partial charge in [0.2, 0.25) is 0 Å². The third kappa shape index (κ3) is 4.62. The van der Waals surface area contributed by atoms with Crippen molar-refractivity contribution < 1.29 is 24.2 Å². The van der Waals surface area contributed by atoms with E-state index in [0.717, 1.165) is 12.0 Å². The van der Waals surface area contributed by atoms with Gasteiger partial charge in [0.1, 0.15) is 17.3 Å². The normalized spacial score (nSPS) is 17.0. The van der Waals surface area contributed by atoms with E-state index in [1.165, 1.54) is 12.0 Å². The summed E-state index contributed by atoms with van der Waals surface area (Å²) >= 11 is 6.35. The summed E-state index contributed by atoms with van der Waals surface area (Å²) in [6.45, 7) is 4.42. The number of methoxy groups -OCH3 is 1. The van der Waals surface area contributed by atoms with E-state index in [1.807, 2.05) is 19.9 Å². The van der Waals surface area contributed by atoms with Crippen molar-refractivity contribution in [3.63, 3.8) is 0 Å². The van der Waals surface area contributed by atoms with Crippen molar-refractivity contribution in [2.45, 2.75) is 26.3 Å². The molecule has 180 valence electrons. The summed E-state index contributed by atoms with van der Waals surface area (Å²) in [6.07, 6.45) is 0.872. The van der Waals surface area contributed by atoms with Crippen LogP contribution in [-0.2, 0) is 9.59 Å². The lowest BCUT2D eigenvalue weighted by Gasteiger charge is -2.25. The highest BCUT2D eigenvalue weighted by atomic mass is 35.5. The second-order valence-corrected chi connectivity index (χ2v) is 8.66. The molecule has 1 unspecified atom stereocenters. The maximum Gasteiger partial charge on any atom is 0.300 e. The minimum absolute atomic E-state index is 0.0407. The zero-order valence-electron chi connectivity index (χ0n) is 19.7. The lowest BCUT2D eigenvalue weighted by molar-refractivity contribution is -0.132. The molecule has 1 aliphatic heterocycles. The Hall–Kier alpha value is -3.77. The minimum atomic E-state index is -0.860. The number of aryl methyl sites for hydroxylation is 1. The van der Waals surface area contributed by atoms with E-state index < -0.39 is 17.7 Å². The third-order valence-corrected chi connectivity index (χ3v) is 6.08. The van der Waals surface area contributed by atoms with Crippen LogP contribution in [0, 0.1) is 6.92 Å². The first-order valence-corrected chi connectivity index (χ1v) is 11.7. The van der Waals surface area contributed by atoms with Crippen molar-refractivity contribution in [3.8, 4) is 11.5 Å². The van der Waals surface area contributed by atoms with Gasteiger partial charge >= 0.3 is 0 Å². The van der Waals surface area contributed by atoms with E-state index in [-0.39, 0.29) is 22.6 Å². The van der Waals surface area contributed by atoms with E-state index in [0.29, 0.717) is 28.6 Å². The number of aliphatic hydroxyl groups is 1. The van der Waals surface area contributed by atoms with Crippen molar-refractivity contribution >= 4 is 34.7 Å². The number of hydrogen-bond donors (Lipinski definition) is 1. The fourth-order valence-corrected chi connectivity index (χ4v) is 4.58. The molecule has 1 N–H and O–H groups in total. The van der Waals surface area contributed by atoms with Crippen LogP contribution >= 0.6 is 11.6 Å². The number of anilines is 1. The highest BCUT2D eigenvalue weighted by Gasteiger charge is 2.47. The molecule has 0 spiro atoms. The number of ketones is 1. The molecule has 1 aliphatic rings. The molecule has 3 aromatic carbocycles. The average molecular weight is 492 g/mol. The molecule has 1 atom stereocenters. The predicted molar refractivity (Wildman–Crippen MR) is 136 cm³/mol. The number of halogens is 1. The van der Waals surface area contributed by atoms with Crippen LogP contribution in [0.2, 0.25) is 5.02 Å². The van der Waals surface area contributed by atoms with Crippen LogP contribution in [0.1, 0.15) is 36.1 Å². The Labute approximate surface area is 209 Å². The van der Waals surface area contributed by atoms with Crippen LogP contribution in [0.15, 0.2) is 72.3 Å². The molecule has 7 heteroatoms. The lowest BCUT2D eigenvalue weighted by Crippen LogP contribution is -2.29. The van der Waals surface area contributed by atoms with E-state index in [4.69, 9.17) is 21.1 Å². The van der Waals surface area contributed by atoms with Gasteiger partial charge in [-0.05, 0) is 60.9 Å². The standard InChI is InChI=1S/C28H26ClNO5/c1-4-14-35-20-12-10-18(11-13-20)24-23(25(31)21-15-17(2)16-22(29)27(21)34-3)26(32)28(33)30(24)19-8-6-5-7-9-19/h5-13,15-16,24,31H,4,14H2,1-3H3/b25-23+. The molecule has 1 heterocycles. The summed E-state index contributed by atoms with van der Waals surface area (Å²) in [5.74, 6) is -0.961. The molecular weight excluding hydrogens is 466 g/mol. The second kappa shape index (κ2) is 10.2. The molecule has 6 nitrogen and oxygen atoms in total. The van der Waals surface area contributed by atoms with Crippen LogP contribution in [-0.4, -0.2) is 30.5 Å². The number of benzene rings is 3. The zero-order chi connectivity index (χ0) is 25.1. The molecule has 0 aromatic heterocycles. The summed E-state index contributed by atoms with van der Waals surface area (Å²) in [4.78, 5) is 28.0. The molecule has 0 saturated carbocycles. The predicted octanol–water partition coefficient (Wildman–Crippen LogP) is 6.07. The number of rotatable bonds is 7. The summed E-state index contributed by atoms with van der Waals surface area (Å²) in [7, 11) is 1.43. The van der Waals surface area contributed by atoms with Gasteiger partial charge in [-0.15, -0.1) is 0 Å². The Morgan fingerprint density at radius 3 is 2.37 bits per heavy atom. The fourth-order valence-electron chi connectivity index (χ4n) is 4.23. The number of carbonyl (C=O) groups is 2. The molecule has 1 saturated heterocycles. The number of hydrogen-bond acceptors (Lipinski definition) is 5. The largest absolute Gasteiger partial charge is 0.507 e. The summed E-state index contributed by atoms with van der Waals surface area (Å²) < 4.78 is 11.1. The summed E-state index contributed by atoms with van der Waals surface area (Å²) in [5, 5.41) is 11.7. The number of carbonyl (C=O) groups excluding carboxylic acids is 2. The number of Topliss-reactive ketones (excluding diaryl/α,β-unsaturated/α-hetero) is 1. The van der Waals surface area contributed by atoms with Crippen LogP contribution in [0.25, 0.3) is 5.76 Å². The number of para-hydroxylation sites is 1. The molecule has 0 radical (unpaired) electrons. The number of amides is 1. The first-order valence-electron chi connectivity index (χ1n) is 11.3. The number of aliphatic hydroxyl groups excluding tert-OH is 1. The Morgan fingerprint density at radius 1 is 1.06 bits per heavy atom. The summed E-state index contributed by atoms with van der Waals surface area (Å²) in [6, 6.07) is 18.6. The zero-order valence-corrected chi connectivity index (χ0v) is 20.5. The van der Waals surface area contributed by atoms with Gasteiger partial charge in [0, 0.05) is 5.69 Å². The van der Waals surface area contributed by atoms with Gasteiger partial charge in [0.05, 0.1) is 35.9 Å². The first kappa shape index (κ1) is 24.4. The molecule has 1 amide bonds. The van der Waals surface area contributed by atoms with Crippen molar-refractivity contribution in [2.24, 2.45) is 0 Å². The Kier molecular flexibility index (Phi) is 7.12. The lowest BCUT2D eigenvalue weighted by atomic mass is 9.94. The topological polar surface area (TPSA) is 76.1 Å². The smallest absolute Gasteiger partial charge is 0.300 e. The number of ether oxygens (including phenoxy) is 2. The molecule has 4 rings (SSSR count). The monoisotopic (exact) mass is 491 g/mol. The van der Waals surface area contributed by atoms with Gasteiger partial charge in [-0.3, -0.25) is 14.5 Å². The van der Waals surface area contributed by atoms with Gasteiger partial charge in [-0.2, -0.15) is 0 Å². The Morgan fingerprint density at radius 2 is 1.74 bits per heavy atom. The van der Waals surface area contributed by atoms with Crippen molar-refractivity contribution in [1.29, 1.82) is 0 Å². The molecule has 0 aliphatic carbocycles. The van der Waals surface area contributed by atoms with E-state index >= 15 is 0 Å². The third-order valence-electron chi connectivity index (χ3n) is 5.79. The molecule has 35 heavy (non-hydrogen) atoms. The number of nitrogens with zero attached hydrogens (tertiary/aromatic N) is 1. The maximum atomic E-state index is 13.4. The molecule has 1 fully saturated rings. The molecule has 3 aromatic rings. The van der Waals surface area contributed by atoms with Crippen molar-refractivity contribution in [2.75, 3.05) is 18.6 Å². The Balaban J connectivity index is 1.93. The highest BCUT2D eigenvalue weighted by molar-refractivity contribution is 6.51. The van der Waals surface area contributed by atoms with Gasteiger partial charge in [0.25, 0.3) is 11.7 Å². The van der Waals surface area contributed by atoms with E-state index in [2.05, 4.69) is 0 Å². The highest BCUT2D eigenvalue weighted by Crippen LogP contribution is 2.44. The van der Waals surface area contributed by atoms with Gasteiger partial charge in [-0.1, -0.05) is 48.9 Å². The van der Waals surface area contributed by atoms with Gasteiger partial charge in [0.15, 0.2) is 0 Å². The fraction of sp³-hybridized carbons (Fsp3) is 0.214. The maximum absolute atomic E-state index is 13.4. The van der Waals surface area contributed by atoms with Crippen LogP contribution in [0.4, 0.5) is 5.69 Å². The minimum Gasteiger partial charge on any atom is -0.507 e. The van der Waals surface area contributed by atoms with Gasteiger partial charge < -0.3 is 14.6 Å². The van der Waals surface area contributed by atoms with Crippen molar-refractivity contribution in [1.82, 2.24) is 0 Å². The van der Waals surface area contributed by atoms with E-state index in [9.17, 15) is 14.7 Å². The second-order valence-electron chi connectivity index (χ2n) is 8.25.